The molecule has 0 saturated carbocycles. The van der Waals surface area contributed by atoms with E-state index < -0.39 is 23.4 Å². The second-order valence-electron chi connectivity index (χ2n) is 3.20. The van der Waals surface area contributed by atoms with Crippen LogP contribution in [0.4, 0.5) is 13.2 Å². The molecule has 1 N–H and O–H groups in total. The summed E-state index contributed by atoms with van der Waals surface area (Å²) >= 11 is 0. The summed E-state index contributed by atoms with van der Waals surface area (Å²) in [5.74, 6) is -1.76. The smallest absolute Gasteiger partial charge is 0.434 e. The number of carbonyl (C=O) groups excluding carboxylic acids is 1. The molecule has 1 heterocycles. The van der Waals surface area contributed by atoms with E-state index >= 15 is 0 Å². The summed E-state index contributed by atoms with van der Waals surface area (Å²) in [5, 5.41) is 9.54. The highest BCUT2D eigenvalue weighted by atomic mass is 19.4. The van der Waals surface area contributed by atoms with Gasteiger partial charge in [-0.25, -0.2) is 4.79 Å². The van der Waals surface area contributed by atoms with E-state index in [4.69, 9.17) is 0 Å². The fourth-order valence-electron chi connectivity index (χ4n) is 1.35. The fourth-order valence-corrected chi connectivity index (χ4v) is 1.35. The number of halogens is 3. The van der Waals surface area contributed by atoms with Crippen LogP contribution in [0.5, 0.6) is 0 Å². The van der Waals surface area contributed by atoms with Crippen molar-refractivity contribution in [2.45, 2.75) is 11.8 Å². The van der Waals surface area contributed by atoms with Gasteiger partial charge >= 0.3 is 12.1 Å². The van der Waals surface area contributed by atoms with Gasteiger partial charge in [-0.1, -0.05) is 0 Å². The van der Waals surface area contributed by atoms with Gasteiger partial charge in [0.15, 0.2) is 0 Å². The standard InChI is InChI=1S/C9H10F3NO3/c1-13-5-3-4-6(13)8(15,7(14)16-2)9(10,11)12/h3-5,15H,1-2H3/t8-/m1/s1. The van der Waals surface area contributed by atoms with E-state index in [1.165, 1.54) is 19.3 Å². The van der Waals surface area contributed by atoms with Crippen molar-refractivity contribution in [2.24, 2.45) is 7.05 Å². The van der Waals surface area contributed by atoms with Crippen LogP contribution in [-0.2, 0) is 22.2 Å². The second-order valence-corrected chi connectivity index (χ2v) is 3.20. The van der Waals surface area contributed by atoms with Crippen LogP contribution in [-0.4, -0.2) is 28.9 Å². The van der Waals surface area contributed by atoms with Crippen molar-refractivity contribution < 1.29 is 27.8 Å². The predicted molar refractivity (Wildman–Crippen MR) is 47.4 cm³/mol. The molecule has 0 aromatic carbocycles. The lowest BCUT2D eigenvalue weighted by Crippen LogP contribution is -2.50. The number of aliphatic hydroxyl groups is 1. The molecule has 0 spiro atoms. The summed E-state index contributed by atoms with van der Waals surface area (Å²) in [6.45, 7) is 0. The predicted octanol–water partition coefficient (Wildman–Crippen LogP) is 0.948. The van der Waals surface area contributed by atoms with Crippen LogP contribution in [0.3, 0.4) is 0 Å². The number of ether oxygens (including phenoxy) is 1. The van der Waals surface area contributed by atoms with E-state index in [1.54, 1.807) is 0 Å². The summed E-state index contributed by atoms with van der Waals surface area (Å²) in [7, 11) is 2.07. The molecular weight excluding hydrogens is 227 g/mol. The Bertz CT molecular complexity index is 399. The average Bonchev–Trinajstić information content (AvgIpc) is 2.60. The highest BCUT2D eigenvalue weighted by molar-refractivity contribution is 5.81. The van der Waals surface area contributed by atoms with E-state index in [9.17, 15) is 23.1 Å². The summed E-state index contributed by atoms with van der Waals surface area (Å²) in [4.78, 5) is 11.1. The zero-order chi connectivity index (χ0) is 12.6. The number of rotatable bonds is 2. The van der Waals surface area contributed by atoms with Crippen molar-refractivity contribution in [1.29, 1.82) is 0 Å². The first-order valence-corrected chi connectivity index (χ1v) is 4.24. The Morgan fingerprint density at radius 3 is 2.38 bits per heavy atom. The van der Waals surface area contributed by atoms with E-state index in [0.29, 0.717) is 0 Å². The van der Waals surface area contributed by atoms with Crippen molar-refractivity contribution >= 4 is 5.97 Å². The largest absolute Gasteiger partial charge is 0.466 e. The number of esters is 1. The Balaban J connectivity index is 3.38. The maximum atomic E-state index is 12.7. The monoisotopic (exact) mass is 237 g/mol. The third-order valence-corrected chi connectivity index (χ3v) is 2.21. The number of aromatic nitrogens is 1. The van der Waals surface area contributed by atoms with Gasteiger partial charge in [0.2, 0.25) is 0 Å². The molecule has 0 aliphatic carbocycles. The lowest BCUT2D eigenvalue weighted by Gasteiger charge is -2.27. The SMILES string of the molecule is COC(=O)[C@](O)(c1cccn1C)C(F)(F)F. The molecule has 90 valence electrons. The number of methoxy groups -OCH3 is 1. The lowest BCUT2D eigenvalue weighted by atomic mass is 9.99. The third-order valence-electron chi connectivity index (χ3n) is 2.21. The first kappa shape index (κ1) is 12.6. The highest BCUT2D eigenvalue weighted by Gasteiger charge is 2.63. The van der Waals surface area contributed by atoms with Crippen molar-refractivity contribution in [3.05, 3.63) is 24.0 Å². The van der Waals surface area contributed by atoms with Crippen LogP contribution in [0.2, 0.25) is 0 Å². The van der Waals surface area contributed by atoms with Crippen LogP contribution in [0.15, 0.2) is 18.3 Å². The first-order valence-electron chi connectivity index (χ1n) is 4.24. The zero-order valence-corrected chi connectivity index (χ0v) is 8.58. The molecule has 0 aliphatic rings. The number of hydrogen-bond donors (Lipinski definition) is 1. The Morgan fingerprint density at radius 2 is 2.06 bits per heavy atom. The Kier molecular flexibility index (Phi) is 3.00. The third kappa shape index (κ3) is 1.67. The summed E-state index contributed by atoms with van der Waals surface area (Å²) in [5.41, 5.74) is -4.23. The molecule has 1 aromatic heterocycles. The quantitative estimate of drug-likeness (QED) is 0.779. The minimum absolute atomic E-state index is 0.591. The van der Waals surface area contributed by atoms with Crippen molar-refractivity contribution in [3.8, 4) is 0 Å². The van der Waals surface area contributed by atoms with E-state index in [2.05, 4.69) is 4.74 Å². The molecule has 1 rings (SSSR count). The van der Waals surface area contributed by atoms with E-state index in [0.717, 1.165) is 17.7 Å². The minimum Gasteiger partial charge on any atom is -0.466 e. The molecule has 0 bridgehead atoms. The topological polar surface area (TPSA) is 51.5 Å². The van der Waals surface area contributed by atoms with E-state index in [-0.39, 0.29) is 0 Å². The Labute approximate surface area is 89.2 Å². The van der Waals surface area contributed by atoms with Crippen LogP contribution in [0.1, 0.15) is 5.69 Å². The molecule has 1 aromatic rings. The van der Waals surface area contributed by atoms with Crippen LogP contribution >= 0.6 is 0 Å². The van der Waals surface area contributed by atoms with Gasteiger partial charge in [0.1, 0.15) is 0 Å². The molecule has 0 radical (unpaired) electrons. The average molecular weight is 237 g/mol. The lowest BCUT2D eigenvalue weighted by molar-refractivity contribution is -0.268. The van der Waals surface area contributed by atoms with Gasteiger partial charge in [0.05, 0.1) is 12.8 Å². The summed E-state index contributed by atoms with van der Waals surface area (Å²) in [6.07, 6.45) is -3.86. The molecule has 0 unspecified atom stereocenters. The summed E-state index contributed by atoms with van der Waals surface area (Å²) < 4.78 is 43.2. The van der Waals surface area contributed by atoms with Crippen LogP contribution < -0.4 is 0 Å². The normalized spacial score (nSPS) is 15.6. The Morgan fingerprint density at radius 1 is 1.50 bits per heavy atom. The van der Waals surface area contributed by atoms with Crippen molar-refractivity contribution in [1.82, 2.24) is 4.57 Å². The van der Waals surface area contributed by atoms with Gasteiger partial charge < -0.3 is 14.4 Å². The zero-order valence-electron chi connectivity index (χ0n) is 8.58. The maximum Gasteiger partial charge on any atom is 0.434 e. The minimum atomic E-state index is -5.15. The van der Waals surface area contributed by atoms with Gasteiger partial charge in [-0.3, -0.25) is 0 Å². The molecule has 16 heavy (non-hydrogen) atoms. The number of nitrogens with zero attached hydrogens (tertiary/aromatic N) is 1. The molecule has 0 amide bonds. The highest BCUT2D eigenvalue weighted by Crippen LogP contribution is 2.39. The van der Waals surface area contributed by atoms with Crippen LogP contribution in [0.25, 0.3) is 0 Å². The Hall–Kier alpha value is -1.50. The molecule has 0 fully saturated rings. The van der Waals surface area contributed by atoms with Crippen molar-refractivity contribution in [3.63, 3.8) is 0 Å². The first-order chi connectivity index (χ1) is 7.25. The van der Waals surface area contributed by atoms with Gasteiger partial charge in [0.25, 0.3) is 5.60 Å². The van der Waals surface area contributed by atoms with Crippen molar-refractivity contribution in [2.75, 3.05) is 7.11 Å². The fraction of sp³-hybridized carbons (Fsp3) is 0.444. The molecule has 7 heteroatoms. The van der Waals surface area contributed by atoms with Crippen LogP contribution in [0, 0.1) is 0 Å². The van der Waals surface area contributed by atoms with Gasteiger partial charge in [-0.05, 0) is 12.1 Å². The van der Waals surface area contributed by atoms with Gasteiger partial charge in [0, 0.05) is 13.2 Å². The molecule has 0 saturated heterocycles. The maximum absolute atomic E-state index is 12.7. The molecule has 4 nitrogen and oxygen atoms in total. The van der Waals surface area contributed by atoms with Gasteiger partial charge in [-0.2, -0.15) is 13.2 Å². The number of alkyl halides is 3. The number of hydrogen-bond acceptors (Lipinski definition) is 3. The van der Waals surface area contributed by atoms with Gasteiger partial charge in [-0.15, -0.1) is 0 Å². The number of carbonyl (C=O) groups is 1. The molecule has 1 atom stereocenters. The molecule has 0 aliphatic heterocycles. The summed E-state index contributed by atoms with van der Waals surface area (Å²) in [6, 6.07) is 2.29. The van der Waals surface area contributed by atoms with E-state index in [1.807, 2.05) is 0 Å². The second kappa shape index (κ2) is 3.82. The molecular formula is C9H10F3NO3. The number of aryl methyl sites for hydroxylation is 1.